The number of nitrogens with zero attached hydrogens (tertiary/aromatic N) is 1. The third-order valence-electron chi connectivity index (χ3n) is 3.78. The summed E-state index contributed by atoms with van der Waals surface area (Å²) in [6, 6.07) is 0.834. The molecule has 0 spiro atoms. The summed E-state index contributed by atoms with van der Waals surface area (Å²) in [6.45, 7) is 3.57. The minimum atomic E-state index is 0. The van der Waals surface area contributed by atoms with Crippen molar-refractivity contribution in [3.63, 3.8) is 0 Å². The molecule has 2 aliphatic rings. The lowest BCUT2D eigenvalue weighted by atomic mass is 9.84. The van der Waals surface area contributed by atoms with Crippen LogP contribution in [0.15, 0.2) is 0 Å². The van der Waals surface area contributed by atoms with Crippen LogP contribution in [0.1, 0.15) is 38.5 Å². The van der Waals surface area contributed by atoms with Gasteiger partial charge in [0.15, 0.2) is 0 Å². The van der Waals surface area contributed by atoms with Gasteiger partial charge in [-0.15, -0.1) is 24.8 Å². The van der Waals surface area contributed by atoms with E-state index in [1.165, 1.54) is 51.6 Å². The topological polar surface area (TPSA) is 29.3 Å². The molecule has 15 heavy (non-hydrogen) atoms. The molecule has 1 aliphatic heterocycles. The monoisotopic (exact) mass is 254 g/mol. The Labute approximate surface area is 106 Å². The summed E-state index contributed by atoms with van der Waals surface area (Å²) < 4.78 is 0. The Bertz CT molecular complexity index is 159. The first kappa shape index (κ1) is 15.5. The van der Waals surface area contributed by atoms with Crippen molar-refractivity contribution in [1.29, 1.82) is 0 Å². The fourth-order valence-corrected chi connectivity index (χ4v) is 3.02. The van der Waals surface area contributed by atoms with E-state index in [1.54, 1.807) is 0 Å². The SMILES string of the molecule is Cl.Cl.NCC1CCCCC1N1CCCC1. The van der Waals surface area contributed by atoms with Gasteiger partial charge in [-0.2, -0.15) is 0 Å². The summed E-state index contributed by atoms with van der Waals surface area (Å²) >= 11 is 0. The van der Waals surface area contributed by atoms with Crippen molar-refractivity contribution >= 4 is 24.8 Å². The van der Waals surface area contributed by atoms with Crippen LogP contribution in [0.25, 0.3) is 0 Å². The molecule has 0 aromatic heterocycles. The summed E-state index contributed by atoms with van der Waals surface area (Å²) in [6.07, 6.45) is 8.44. The smallest absolute Gasteiger partial charge is 0.0135 e. The van der Waals surface area contributed by atoms with Crippen molar-refractivity contribution in [3.05, 3.63) is 0 Å². The lowest BCUT2D eigenvalue weighted by Crippen LogP contribution is -2.43. The predicted octanol–water partition coefficient (Wildman–Crippen LogP) is 2.44. The quantitative estimate of drug-likeness (QED) is 0.821. The zero-order chi connectivity index (χ0) is 9.10. The second-order valence-electron chi connectivity index (χ2n) is 4.59. The molecule has 2 nitrogen and oxygen atoms in total. The second kappa shape index (κ2) is 7.72. The highest BCUT2D eigenvalue weighted by atomic mass is 35.5. The maximum atomic E-state index is 5.83. The summed E-state index contributed by atoms with van der Waals surface area (Å²) in [5.41, 5.74) is 5.83. The van der Waals surface area contributed by atoms with E-state index in [9.17, 15) is 0 Å². The van der Waals surface area contributed by atoms with E-state index in [1.807, 2.05) is 0 Å². The summed E-state index contributed by atoms with van der Waals surface area (Å²) in [4.78, 5) is 2.69. The van der Waals surface area contributed by atoms with Crippen LogP contribution in [-0.4, -0.2) is 30.6 Å². The van der Waals surface area contributed by atoms with Gasteiger partial charge < -0.3 is 10.6 Å². The average molecular weight is 255 g/mol. The van der Waals surface area contributed by atoms with E-state index < -0.39 is 0 Å². The van der Waals surface area contributed by atoms with Crippen molar-refractivity contribution in [2.75, 3.05) is 19.6 Å². The van der Waals surface area contributed by atoms with Crippen LogP contribution < -0.4 is 5.73 Å². The van der Waals surface area contributed by atoms with Crippen LogP contribution >= 0.6 is 24.8 Å². The standard InChI is InChI=1S/C11H22N2.2ClH/c12-9-10-5-1-2-6-11(10)13-7-3-4-8-13;;/h10-11H,1-9,12H2;2*1H. The molecule has 2 N–H and O–H groups in total. The summed E-state index contributed by atoms with van der Waals surface area (Å²) in [5, 5.41) is 0. The molecule has 0 aromatic carbocycles. The number of likely N-dealkylation sites (tertiary alicyclic amines) is 1. The molecule has 1 heterocycles. The Hall–Kier alpha value is 0.500. The molecule has 1 saturated heterocycles. The lowest BCUT2D eigenvalue weighted by Gasteiger charge is -2.37. The first-order valence-electron chi connectivity index (χ1n) is 5.86. The van der Waals surface area contributed by atoms with Gasteiger partial charge in [0, 0.05) is 6.04 Å². The van der Waals surface area contributed by atoms with Crippen LogP contribution in [0.2, 0.25) is 0 Å². The van der Waals surface area contributed by atoms with Gasteiger partial charge in [0.2, 0.25) is 0 Å². The highest BCUT2D eigenvalue weighted by Gasteiger charge is 2.30. The maximum absolute atomic E-state index is 5.83. The van der Waals surface area contributed by atoms with E-state index in [4.69, 9.17) is 5.73 Å². The molecule has 1 aliphatic carbocycles. The van der Waals surface area contributed by atoms with E-state index in [-0.39, 0.29) is 24.8 Å². The highest BCUT2D eigenvalue weighted by Crippen LogP contribution is 2.29. The van der Waals surface area contributed by atoms with Crippen molar-refractivity contribution in [1.82, 2.24) is 4.90 Å². The van der Waals surface area contributed by atoms with Gasteiger partial charge in [0.25, 0.3) is 0 Å². The third kappa shape index (κ3) is 3.77. The molecule has 2 unspecified atom stereocenters. The fourth-order valence-electron chi connectivity index (χ4n) is 3.02. The summed E-state index contributed by atoms with van der Waals surface area (Å²) in [5.74, 6) is 0.798. The fraction of sp³-hybridized carbons (Fsp3) is 1.00. The Morgan fingerprint density at radius 3 is 2.13 bits per heavy atom. The van der Waals surface area contributed by atoms with Crippen LogP contribution in [0, 0.1) is 5.92 Å². The first-order chi connectivity index (χ1) is 6.42. The number of halogens is 2. The average Bonchev–Trinajstić information content (AvgIpc) is 2.70. The molecule has 4 heteroatoms. The van der Waals surface area contributed by atoms with Gasteiger partial charge in [-0.1, -0.05) is 12.8 Å². The van der Waals surface area contributed by atoms with Crippen LogP contribution in [0.5, 0.6) is 0 Å². The van der Waals surface area contributed by atoms with Crippen LogP contribution in [0.3, 0.4) is 0 Å². The van der Waals surface area contributed by atoms with E-state index in [0.717, 1.165) is 18.5 Å². The largest absolute Gasteiger partial charge is 0.330 e. The second-order valence-corrected chi connectivity index (χ2v) is 4.59. The molecular weight excluding hydrogens is 231 g/mol. The molecular formula is C11H24Cl2N2. The van der Waals surface area contributed by atoms with Crippen LogP contribution in [-0.2, 0) is 0 Å². The number of nitrogens with two attached hydrogens (primary N) is 1. The van der Waals surface area contributed by atoms with Gasteiger partial charge in [0.05, 0.1) is 0 Å². The summed E-state index contributed by atoms with van der Waals surface area (Å²) in [7, 11) is 0. The van der Waals surface area contributed by atoms with Crippen LogP contribution in [0.4, 0.5) is 0 Å². The zero-order valence-electron chi connectivity index (χ0n) is 9.36. The minimum Gasteiger partial charge on any atom is -0.330 e. The van der Waals surface area contributed by atoms with Crippen molar-refractivity contribution < 1.29 is 0 Å². The van der Waals surface area contributed by atoms with Gasteiger partial charge >= 0.3 is 0 Å². The van der Waals surface area contributed by atoms with Gasteiger partial charge in [-0.05, 0) is 51.2 Å². The molecule has 2 fully saturated rings. The van der Waals surface area contributed by atoms with E-state index in [2.05, 4.69) is 4.90 Å². The third-order valence-corrected chi connectivity index (χ3v) is 3.78. The Kier molecular flexibility index (Phi) is 7.98. The molecule has 0 bridgehead atoms. The van der Waals surface area contributed by atoms with E-state index in [0.29, 0.717) is 0 Å². The molecule has 0 aromatic rings. The molecule has 2 rings (SSSR count). The molecule has 1 saturated carbocycles. The maximum Gasteiger partial charge on any atom is 0.0135 e. The molecule has 92 valence electrons. The first-order valence-corrected chi connectivity index (χ1v) is 5.86. The Morgan fingerprint density at radius 1 is 0.933 bits per heavy atom. The number of rotatable bonds is 2. The highest BCUT2D eigenvalue weighted by molar-refractivity contribution is 5.85. The Morgan fingerprint density at radius 2 is 1.53 bits per heavy atom. The van der Waals surface area contributed by atoms with Gasteiger partial charge in [-0.3, -0.25) is 0 Å². The van der Waals surface area contributed by atoms with Gasteiger partial charge in [-0.25, -0.2) is 0 Å². The van der Waals surface area contributed by atoms with E-state index >= 15 is 0 Å². The number of hydrogen-bond donors (Lipinski definition) is 1. The Balaban J connectivity index is 0.000000980. The molecule has 0 amide bonds. The van der Waals surface area contributed by atoms with Crippen molar-refractivity contribution in [2.24, 2.45) is 11.7 Å². The van der Waals surface area contributed by atoms with Crippen molar-refractivity contribution in [3.8, 4) is 0 Å². The number of hydrogen-bond acceptors (Lipinski definition) is 2. The predicted molar refractivity (Wildman–Crippen MR) is 70.1 cm³/mol. The zero-order valence-corrected chi connectivity index (χ0v) is 11.0. The van der Waals surface area contributed by atoms with Crippen molar-refractivity contribution in [2.45, 2.75) is 44.6 Å². The molecule has 0 radical (unpaired) electrons. The normalized spacial score (nSPS) is 31.8. The van der Waals surface area contributed by atoms with Gasteiger partial charge in [0.1, 0.15) is 0 Å². The lowest BCUT2D eigenvalue weighted by molar-refractivity contribution is 0.132. The minimum absolute atomic E-state index is 0. The molecule has 2 atom stereocenters.